The van der Waals surface area contributed by atoms with E-state index in [1.54, 1.807) is 16.8 Å². The fourth-order valence-corrected chi connectivity index (χ4v) is 4.22. The smallest absolute Gasteiger partial charge is 0.319 e. The molecule has 6 nitrogen and oxygen atoms in total. The minimum atomic E-state index is -0.216. The SMILES string of the molecule is O=C(NCC(c1ccccc1)N1CCCC1)Nc1cccc(OCc2cscn2)c1. The van der Waals surface area contributed by atoms with Gasteiger partial charge in [-0.3, -0.25) is 4.90 Å². The van der Waals surface area contributed by atoms with Crippen LogP contribution in [0.4, 0.5) is 10.5 Å². The van der Waals surface area contributed by atoms with E-state index in [0.717, 1.165) is 18.8 Å². The van der Waals surface area contributed by atoms with Crippen LogP contribution in [0.15, 0.2) is 65.5 Å². The van der Waals surface area contributed by atoms with Gasteiger partial charge in [0.15, 0.2) is 0 Å². The Morgan fingerprint density at radius 2 is 1.97 bits per heavy atom. The lowest BCUT2D eigenvalue weighted by Crippen LogP contribution is -2.38. The highest BCUT2D eigenvalue weighted by atomic mass is 32.1. The van der Waals surface area contributed by atoms with Crippen molar-refractivity contribution in [2.75, 3.05) is 25.0 Å². The lowest BCUT2D eigenvalue weighted by Gasteiger charge is -2.28. The largest absolute Gasteiger partial charge is 0.487 e. The Bertz CT molecular complexity index is 927. The molecule has 156 valence electrons. The quantitative estimate of drug-likeness (QED) is 0.553. The maximum atomic E-state index is 12.5. The van der Waals surface area contributed by atoms with Crippen molar-refractivity contribution < 1.29 is 9.53 Å². The molecule has 2 aromatic carbocycles. The zero-order chi connectivity index (χ0) is 20.6. The van der Waals surface area contributed by atoms with Gasteiger partial charge in [0.05, 0.1) is 17.2 Å². The number of thiazole rings is 1. The van der Waals surface area contributed by atoms with Gasteiger partial charge in [-0.2, -0.15) is 0 Å². The monoisotopic (exact) mass is 422 g/mol. The first-order valence-electron chi connectivity index (χ1n) is 10.2. The molecule has 1 saturated heterocycles. The number of hydrogen-bond acceptors (Lipinski definition) is 5. The molecule has 0 spiro atoms. The van der Waals surface area contributed by atoms with Crippen molar-refractivity contribution in [1.29, 1.82) is 0 Å². The number of rotatable bonds is 8. The van der Waals surface area contributed by atoms with Gasteiger partial charge in [0.2, 0.25) is 0 Å². The second-order valence-electron chi connectivity index (χ2n) is 7.30. The zero-order valence-electron chi connectivity index (χ0n) is 16.8. The van der Waals surface area contributed by atoms with Gasteiger partial charge in [-0.05, 0) is 43.6 Å². The summed E-state index contributed by atoms with van der Waals surface area (Å²) in [5.74, 6) is 0.694. The first-order valence-corrected chi connectivity index (χ1v) is 11.2. The number of anilines is 1. The minimum Gasteiger partial charge on any atom is -0.487 e. The number of nitrogens with one attached hydrogen (secondary N) is 2. The van der Waals surface area contributed by atoms with E-state index in [4.69, 9.17) is 4.74 Å². The van der Waals surface area contributed by atoms with Gasteiger partial charge in [-0.15, -0.1) is 11.3 Å². The Morgan fingerprint density at radius 1 is 1.13 bits per heavy atom. The molecule has 2 heterocycles. The summed E-state index contributed by atoms with van der Waals surface area (Å²) in [7, 11) is 0. The molecular weight excluding hydrogens is 396 g/mol. The Balaban J connectivity index is 1.32. The molecule has 1 aliphatic rings. The van der Waals surface area contributed by atoms with E-state index in [1.165, 1.54) is 18.4 Å². The fourth-order valence-electron chi connectivity index (χ4n) is 3.68. The molecule has 0 bridgehead atoms. The van der Waals surface area contributed by atoms with E-state index in [9.17, 15) is 4.79 Å². The molecular formula is C23H26N4O2S. The zero-order valence-corrected chi connectivity index (χ0v) is 17.6. The third-order valence-corrected chi connectivity index (χ3v) is 5.82. The molecule has 1 atom stereocenters. The van der Waals surface area contributed by atoms with E-state index in [2.05, 4.69) is 44.8 Å². The highest BCUT2D eigenvalue weighted by molar-refractivity contribution is 7.07. The maximum Gasteiger partial charge on any atom is 0.319 e. The van der Waals surface area contributed by atoms with E-state index in [1.807, 2.05) is 35.7 Å². The van der Waals surface area contributed by atoms with Gasteiger partial charge in [0, 0.05) is 23.7 Å². The second-order valence-corrected chi connectivity index (χ2v) is 8.02. The highest BCUT2D eigenvalue weighted by Gasteiger charge is 2.23. The van der Waals surface area contributed by atoms with Gasteiger partial charge in [-0.25, -0.2) is 9.78 Å². The van der Waals surface area contributed by atoms with E-state index >= 15 is 0 Å². The second kappa shape index (κ2) is 10.2. The third kappa shape index (κ3) is 5.58. The third-order valence-electron chi connectivity index (χ3n) is 5.18. The average Bonchev–Trinajstić information content (AvgIpc) is 3.48. The van der Waals surface area contributed by atoms with Gasteiger partial charge < -0.3 is 15.4 Å². The van der Waals surface area contributed by atoms with Crippen molar-refractivity contribution in [2.24, 2.45) is 0 Å². The molecule has 1 unspecified atom stereocenters. The number of amides is 2. The van der Waals surface area contributed by atoms with Gasteiger partial charge >= 0.3 is 6.03 Å². The minimum absolute atomic E-state index is 0.187. The summed E-state index contributed by atoms with van der Waals surface area (Å²) in [6.45, 7) is 3.12. The van der Waals surface area contributed by atoms with Gasteiger partial charge in [0.1, 0.15) is 12.4 Å². The van der Waals surface area contributed by atoms with Crippen LogP contribution in [0.3, 0.4) is 0 Å². The summed E-state index contributed by atoms with van der Waals surface area (Å²) in [5, 5.41) is 7.91. The Kier molecular flexibility index (Phi) is 6.95. The fraction of sp³-hybridized carbons (Fsp3) is 0.304. The van der Waals surface area contributed by atoms with Crippen LogP contribution in [0.25, 0.3) is 0 Å². The molecule has 3 aromatic rings. The number of likely N-dealkylation sites (tertiary alicyclic amines) is 1. The molecule has 0 aliphatic carbocycles. The van der Waals surface area contributed by atoms with Crippen molar-refractivity contribution >= 4 is 23.1 Å². The molecule has 1 fully saturated rings. The summed E-state index contributed by atoms with van der Waals surface area (Å²) >= 11 is 1.54. The molecule has 4 rings (SSSR count). The van der Waals surface area contributed by atoms with Crippen LogP contribution >= 0.6 is 11.3 Å². The van der Waals surface area contributed by atoms with Gasteiger partial charge in [-0.1, -0.05) is 36.4 Å². The number of ether oxygens (including phenoxy) is 1. The summed E-state index contributed by atoms with van der Waals surface area (Å²) in [5.41, 5.74) is 4.61. The molecule has 2 amide bonds. The normalized spacial score (nSPS) is 14.9. The van der Waals surface area contributed by atoms with Gasteiger partial charge in [0.25, 0.3) is 0 Å². The van der Waals surface area contributed by atoms with Crippen LogP contribution in [-0.4, -0.2) is 35.5 Å². The number of carbonyl (C=O) groups is 1. The Morgan fingerprint density at radius 3 is 2.73 bits per heavy atom. The number of benzene rings is 2. The highest BCUT2D eigenvalue weighted by Crippen LogP contribution is 2.24. The van der Waals surface area contributed by atoms with Crippen LogP contribution in [0.2, 0.25) is 0 Å². The summed E-state index contributed by atoms with van der Waals surface area (Å²) < 4.78 is 5.76. The summed E-state index contributed by atoms with van der Waals surface area (Å²) in [4.78, 5) is 19.2. The predicted molar refractivity (Wildman–Crippen MR) is 120 cm³/mol. The summed E-state index contributed by atoms with van der Waals surface area (Å²) in [6.07, 6.45) is 2.42. The Hall–Kier alpha value is -2.90. The van der Waals surface area contributed by atoms with Crippen molar-refractivity contribution in [1.82, 2.24) is 15.2 Å². The molecule has 30 heavy (non-hydrogen) atoms. The Labute approximate surface area is 180 Å². The van der Waals surface area contributed by atoms with Crippen LogP contribution in [0.5, 0.6) is 5.75 Å². The lowest BCUT2D eigenvalue weighted by atomic mass is 10.1. The summed E-state index contributed by atoms with van der Waals surface area (Å²) in [6, 6.07) is 17.8. The van der Waals surface area contributed by atoms with Crippen LogP contribution < -0.4 is 15.4 Å². The number of urea groups is 1. The van der Waals surface area contributed by atoms with Crippen LogP contribution in [0.1, 0.15) is 30.1 Å². The number of hydrogen-bond donors (Lipinski definition) is 2. The molecule has 1 aliphatic heterocycles. The first-order chi connectivity index (χ1) is 14.8. The number of carbonyl (C=O) groups excluding carboxylic acids is 1. The van der Waals surface area contributed by atoms with Crippen molar-refractivity contribution in [3.63, 3.8) is 0 Å². The van der Waals surface area contributed by atoms with E-state index in [0.29, 0.717) is 24.6 Å². The molecule has 1 aromatic heterocycles. The maximum absolute atomic E-state index is 12.5. The standard InChI is InChI=1S/C23H26N4O2S/c28-23(24-14-22(27-11-4-5-12-27)18-7-2-1-3-8-18)26-19-9-6-10-21(13-19)29-15-20-16-30-17-25-20/h1-3,6-10,13,16-17,22H,4-5,11-12,14-15H2,(H2,24,26,28). The molecule has 0 saturated carbocycles. The van der Waals surface area contributed by atoms with Crippen molar-refractivity contribution in [3.8, 4) is 5.75 Å². The lowest BCUT2D eigenvalue weighted by molar-refractivity contribution is 0.227. The topological polar surface area (TPSA) is 66.5 Å². The van der Waals surface area contributed by atoms with E-state index < -0.39 is 0 Å². The first kappa shape index (κ1) is 20.4. The van der Waals surface area contributed by atoms with Crippen molar-refractivity contribution in [3.05, 3.63) is 76.7 Å². The molecule has 2 N–H and O–H groups in total. The van der Waals surface area contributed by atoms with Crippen LogP contribution in [0, 0.1) is 0 Å². The van der Waals surface area contributed by atoms with Crippen molar-refractivity contribution in [2.45, 2.75) is 25.5 Å². The van der Waals surface area contributed by atoms with E-state index in [-0.39, 0.29) is 12.1 Å². The number of aromatic nitrogens is 1. The molecule has 7 heteroatoms. The molecule has 0 radical (unpaired) electrons. The average molecular weight is 423 g/mol. The number of nitrogens with zero attached hydrogens (tertiary/aromatic N) is 2. The predicted octanol–water partition coefficient (Wildman–Crippen LogP) is 4.68. The van der Waals surface area contributed by atoms with Crippen LogP contribution in [-0.2, 0) is 6.61 Å².